The number of carbonyl (C=O) groups is 2. The fourth-order valence-corrected chi connectivity index (χ4v) is 4.26. The first-order chi connectivity index (χ1) is 10.3. The summed E-state index contributed by atoms with van der Waals surface area (Å²) < 4.78 is 0. The molecule has 2 saturated heterocycles. The van der Waals surface area contributed by atoms with Crippen LogP contribution < -0.4 is 5.73 Å². The van der Waals surface area contributed by atoms with E-state index in [1.165, 1.54) is 0 Å². The first-order valence-electron chi connectivity index (χ1n) is 7.95. The average molecular weight is 309 g/mol. The van der Waals surface area contributed by atoms with Crippen molar-refractivity contribution in [2.45, 2.75) is 63.8 Å². The van der Waals surface area contributed by atoms with E-state index in [1.807, 2.05) is 16.7 Å². The molecule has 2 heterocycles. The van der Waals surface area contributed by atoms with Crippen molar-refractivity contribution in [1.82, 2.24) is 9.80 Å². The molecular weight excluding hydrogens is 282 g/mol. The second-order valence-corrected chi connectivity index (χ2v) is 6.55. The number of aliphatic hydroxyl groups excluding tert-OH is 1. The Kier molecular flexibility index (Phi) is 4.63. The summed E-state index contributed by atoms with van der Waals surface area (Å²) in [5.74, 6) is -0.482. The maximum Gasteiger partial charge on any atom is 0.237 e. The van der Waals surface area contributed by atoms with Crippen molar-refractivity contribution >= 4 is 11.8 Å². The van der Waals surface area contributed by atoms with Crippen LogP contribution in [0.15, 0.2) is 12.2 Å². The van der Waals surface area contributed by atoms with Crippen LogP contribution in [0, 0.1) is 0 Å². The van der Waals surface area contributed by atoms with Gasteiger partial charge < -0.3 is 15.7 Å². The van der Waals surface area contributed by atoms with Gasteiger partial charge in [0.1, 0.15) is 6.04 Å². The van der Waals surface area contributed by atoms with Crippen LogP contribution >= 0.6 is 0 Å². The van der Waals surface area contributed by atoms with E-state index in [2.05, 4.69) is 6.58 Å². The van der Waals surface area contributed by atoms with E-state index in [-0.39, 0.29) is 17.5 Å². The zero-order valence-corrected chi connectivity index (χ0v) is 13.7. The molecule has 0 aromatic carbocycles. The summed E-state index contributed by atoms with van der Waals surface area (Å²) in [7, 11) is 0. The number of hydrogen-bond acceptors (Lipinski definition) is 4. The number of amides is 2. The molecule has 2 fully saturated rings. The zero-order valence-electron chi connectivity index (χ0n) is 13.7. The van der Waals surface area contributed by atoms with Crippen molar-refractivity contribution in [3.63, 3.8) is 0 Å². The van der Waals surface area contributed by atoms with Crippen LogP contribution in [-0.4, -0.2) is 63.5 Å². The molecule has 6 heteroatoms. The van der Waals surface area contributed by atoms with Crippen molar-refractivity contribution in [2.24, 2.45) is 5.73 Å². The van der Waals surface area contributed by atoms with Gasteiger partial charge in [0.2, 0.25) is 11.8 Å². The van der Waals surface area contributed by atoms with Crippen molar-refractivity contribution in [1.29, 1.82) is 0 Å². The number of nitrogens with zero attached hydrogens (tertiary/aromatic N) is 2. The fraction of sp³-hybridized carbons (Fsp3) is 0.750. The second-order valence-electron chi connectivity index (χ2n) is 6.55. The summed E-state index contributed by atoms with van der Waals surface area (Å²) in [5.41, 5.74) is 6.17. The molecule has 0 aromatic rings. The van der Waals surface area contributed by atoms with Crippen LogP contribution in [0.4, 0.5) is 0 Å². The number of likely N-dealkylation sites (tertiary alicyclic amines) is 2. The molecule has 2 aliphatic rings. The van der Waals surface area contributed by atoms with Crippen LogP contribution in [0.5, 0.6) is 0 Å². The SMILES string of the molecule is C=C(CC)C1N([C@H](C(N)=O)[C@@H](C)O)CC12CCCN2C(C)=O. The highest BCUT2D eigenvalue weighted by Gasteiger charge is 2.61. The third kappa shape index (κ3) is 2.44. The first-order valence-corrected chi connectivity index (χ1v) is 7.95. The highest BCUT2D eigenvalue weighted by Crippen LogP contribution is 2.47. The van der Waals surface area contributed by atoms with Gasteiger partial charge in [-0.25, -0.2) is 0 Å². The summed E-state index contributed by atoms with van der Waals surface area (Å²) in [6, 6.07) is -0.857. The van der Waals surface area contributed by atoms with E-state index in [9.17, 15) is 14.7 Å². The van der Waals surface area contributed by atoms with Gasteiger partial charge >= 0.3 is 0 Å². The van der Waals surface area contributed by atoms with Gasteiger partial charge in [-0.1, -0.05) is 19.1 Å². The number of carbonyl (C=O) groups excluding carboxylic acids is 2. The van der Waals surface area contributed by atoms with Crippen molar-refractivity contribution in [2.75, 3.05) is 13.1 Å². The fourth-order valence-electron chi connectivity index (χ4n) is 4.26. The molecule has 0 radical (unpaired) electrons. The molecule has 3 N–H and O–H groups in total. The Bertz CT molecular complexity index is 491. The summed E-state index contributed by atoms with van der Waals surface area (Å²) >= 11 is 0. The maximum absolute atomic E-state index is 12.0. The largest absolute Gasteiger partial charge is 0.391 e. The van der Waals surface area contributed by atoms with Crippen LogP contribution in [0.25, 0.3) is 0 Å². The van der Waals surface area contributed by atoms with Gasteiger partial charge in [0.15, 0.2) is 0 Å². The van der Waals surface area contributed by atoms with E-state index in [0.717, 1.165) is 31.4 Å². The number of rotatable bonds is 5. The minimum Gasteiger partial charge on any atom is -0.391 e. The predicted octanol–water partition coefficient (Wildman–Crippen LogP) is 0.253. The third-order valence-electron chi connectivity index (χ3n) is 5.15. The molecule has 0 aromatic heterocycles. The van der Waals surface area contributed by atoms with E-state index in [4.69, 9.17) is 5.73 Å². The molecule has 1 spiro atoms. The summed E-state index contributed by atoms with van der Waals surface area (Å²) in [6.45, 7) is 10.6. The Morgan fingerprint density at radius 3 is 2.59 bits per heavy atom. The molecule has 0 bridgehead atoms. The van der Waals surface area contributed by atoms with Crippen LogP contribution in [-0.2, 0) is 9.59 Å². The van der Waals surface area contributed by atoms with E-state index in [1.54, 1.807) is 13.8 Å². The van der Waals surface area contributed by atoms with E-state index < -0.39 is 18.1 Å². The lowest BCUT2D eigenvalue weighted by Crippen LogP contribution is -2.79. The Balaban J connectivity index is 2.35. The Morgan fingerprint density at radius 2 is 2.14 bits per heavy atom. The zero-order chi connectivity index (χ0) is 16.7. The molecule has 124 valence electrons. The van der Waals surface area contributed by atoms with Gasteiger partial charge in [-0.2, -0.15) is 0 Å². The quantitative estimate of drug-likeness (QED) is 0.713. The van der Waals surface area contributed by atoms with E-state index >= 15 is 0 Å². The molecule has 0 aliphatic carbocycles. The smallest absolute Gasteiger partial charge is 0.237 e. The Labute approximate surface area is 131 Å². The highest BCUT2D eigenvalue weighted by atomic mass is 16.3. The molecule has 2 rings (SSSR count). The van der Waals surface area contributed by atoms with Gasteiger partial charge in [-0.3, -0.25) is 14.5 Å². The highest BCUT2D eigenvalue weighted by molar-refractivity contribution is 5.81. The van der Waals surface area contributed by atoms with Gasteiger partial charge in [-0.05, 0) is 26.2 Å². The second kappa shape index (κ2) is 6.01. The summed E-state index contributed by atoms with van der Waals surface area (Å²) in [5, 5.41) is 9.94. The molecule has 2 unspecified atom stereocenters. The molecule has 22 heavy (non-hydrogen) atoms. The summed E-state index contributed by atoms with van der Waals surface area (Å²) in [4.78, 5) is 27.6. The lowest BCUT2D eigenvalue weighted by Gasteiger charge is -2.62. The number of primary amides is 1. The maximum atomic E-state index is 12.0. The average Bonchev–Trinajstić information content (AvgIpc) is 2.83. The minimum atomic E-state index is -0.853. The summed E-state index contributed by atoms with van der Waals surface area (Å²) in [6.07, 6.45) is 1.77. The van der Waals surface area contributed by atoms with Crippen LogP contribution in [0.3, 0.4) is 0 Å². The Morgan fingerprint density at radius 1 is 1.50 bits per heavy atom. The molecule has 4 atom stereocenters. The minimum absolute atomic E-state index is 0.0544. The molecule has 2 aliphatic heterocycles. The number of nitrogens with two attached hydrogens (primary N) is 1. The van der Waals surface area contributed by atoms with Crippen LogP contribution in [0.2, 0.25) is 0 Å². The normalized spacial score (nSPS) is 30.9. The van der Waals surface area contributed by atoms with Crippen molar-refractivity contribution < 1.29 is 14.7 Å². The van der Waals surface area contributed by atoms with Crippen LogP contribution in [0.1, 0.15) is 40.0 Å². The van der Waals surface area contributed by atoms with E-state index in [0.29, 0.717) is 6.54 Å². The standard InChI is InChI=1S/C16H27N3O3/c1-5-10(2)14-16(7-6-8-19(16)12(4)21)9-18(14)13(11(3)20)15(17)22/h11,13-14,20H,2,5-9H2,1,3-4H3,(H2,17,22)/t11-,13+,14?,16?/m1/s1. The third-order valence-corrected chi connectivity index (χ3v) is 5.15. The van der Waals surface area contributed by atoms with Gasteiger partial charge in [-0.15, -0.1) is 0 Å². The molecule has 2 amide bonds. The van der Waals surface area contributed by atoms with Gasteiger partial charge in [0.25, 0.3) is 0 Å². The lowest BCUT2D eigenvalue weighted by atomic mass is 9.72. The number of aliphatic hydroxyl groups is 1. The number of hydrogen-bond donors (Lipinski definition) is 2. The molecule has 6 nitrogen and oxygen atoms in total. The lowest BCUT2D eigenvalue weighted by molar-refractivity contribution is -0.158. The molecule has 0 saturated carbocycles. The predicted molar refractivity (Wildman–Crippen MR) is 83.9 cm³/mol. The monoisotopic (exact) mass is 309 g/mol. The van der Waals surface area contributed by atoms with Gasteiger partial charge in [0, 0.05) is 20.0 Å². The van der Waals surface area contributed by atoms with Crippen molar-refractivity contribution in [3.05, 3.63) is 12.2 Å². The van der Waals surface area contributed by atoms with Gasteiger partial charge in [0.05, 0.1) is 17.7 Å². The Hall–Kier alpha value is -1.40. The first kappa shape index (κ1) is 17.0. The van der Waals surface area contributed by atoms with Crippen molar-refractivity contribution in [3.8, 4) is 0 Å². The topological polar surface area (TPSA) is 86.9 Å². The molecular formula is C16H27N3O3.